The van der Waals surface area contributed by atoms with Crippen LogP contribution in [0, 0.1) is 5.92 Å². The first-order chi connectivity index (χ1) is 4.67. The SMILES string of the molecule is CC1(N)CCC2CNC2C1. The third kappa shape index (κ3) is 0.956. The van der Waals surface area contributed by atoms with E-state index in [0.717, 1.165) is 12.0 Å². The Morgan fingerprint density at radius 3 is 2.80 bits per heavy atom. The first-order valence-electron chi connectivity index (χ1n) is 4.20. The van der Waals surface area contributed by atoms with E-state index in [1.54, 1.807) is 0 Å². The highest BCUT2D eigenvalue weighted by Gasteiger charge is 2.39. The van der Waals surface area contributed by atoms with Crippen molar-refractivity contribution in [2.45, 2.75) is 37.8 Å². The largest absolute Gasteiger partial charge is 0.325 e. The lowest BCUT2D eigenvalue weighted by Crippen LogP contribution is -2.61. The molecule has 3 atom stereocenters. The molecule has 3 N–H and O–H groups in total. The molecule has 0 aromatic carbocycles. The maximum absolute atomic E-state index is 6.02. The molecule has 1 saturated carbocycles. The molecule has 1 aliphatic heterocycles. The van der Waals surface area contributed by atoms with Gasteiger partial charge >= 0.3 is 0 Å². The lowest BCUT2D eigenvalue weighted by atomic mass is 9.71. The second-order valence-electron chi connectivity index (χ2n) is 4.17. The van der Waals surface area contributed by atoms with Crippen LogP contribution in [0.25, 0.3) is 0 Å². The second kappa shape index (κ2) is 1.95. The number of hydrogen-bond donors (Lipinski definition) is 2. The molecule has 2 nitrogen and oxygen atoms in total. The van der Waals surface area contributed by atoms with Crippen LogP contribution in [0.3, 0.4) is 0 Å². The van der Waals surface area contributed by atoms with Gasteiger partial charge in [-0.1, -0.05) is 0 Å². The minimum absolute atomic E-state index is 0.120. The predicted molar refractivity (Wildman–Crippen MR) is 41.7 cm³/mol. The van der Waals surface area contributed by atoms with E-state index >= 15 is 0 Å². The van der Waals surface area contributed by atoms with E-state index in [9.17, 15) is 0 Å². The molecule has 0 radical (unpaired) electrons. The molecule has 0 spiro atoms. The van der Waals surface area contributed by atoms with E-state index < -0.39 is 0 Å². The lowest BCUT2D eigenvalue weighted by molar-refractivity contribution is 0.116. The molecule has 0 bridgehead atoms. The Balaban J connectivity index is 1.98. The van der Waals surface area contributed by atoms with Crippen molar-refractivity contribution in [3.63, 3.8) is 0 Å². The fourth-order valence-corrected chi connectivity index (χ4v) is 2.11. The fourth-order valence-electron chi connectivity index (χ4n) is 2.11. The van der Waals surface area contributed by atoms with E-state index in [2.05, 4.69) is 12.2 Å². The molecule has 3 unspecified atom stereocenters. The van der Waals surface area contributed by atoms with Crippen LogP contribution < -0.4 is 11.1 Å². The minimum atomic E-state index is 0.120. The van der Waals surface area contributed by atoms with Gasteiger partial charge in [0.1, 0.15) is 0 Å². The van der Waals surface area contributed by atoms with Crippen LogP contribution in [0.4, 0.5) is 0 Å². The first kappa shape index (κ1) is 6.62. The highest BCUT2D eigenvalue weighted by Crippen LogP contribution is 2.34. The summed E-state index contributed by atoms with van der Waals surface area (Å²) < 4.78 is 0. The van der Waals surface area contributed by atoms with Crippen molar-refractivity contribution in [3.8, 4) is 0 Å². The van der Waals surface area contributed by atoms with Gasteiger partial charge in [-0.2, -0.15) is 0 Å². The quantitative estimate of drug-likeness (QED) is 0.513. The van der Waals surface area contributed by atoms with Crippen LogP contribution in [0.1, 0.15) is 26.2 Å². The Kier molecular flexibility index (Phi) is 1.29. The summed E-state index contributed by atoms with van der Waals surface area (Å²) >= 11 is 0. The molecule has 10 heavy (non-hydrogen) atoms. The summed E-state index contributed by atoms with van der Waals surface area (Å²) in [6.45, 7) is 3.41. The van der Waals surface area contributed by atoms with E-state index in [1.165, 1.54) is 25.8 Å². The molecule has 0 aromatic heterocycles. The molecule has 58 valence electrons. The Hall–Kier alpha value is -0.0800. The van der Waals surface area contributed by atoms with Crippen molar-refractivity contribution in [2.24, 2.45) is 11.7 Å². The molecule has 2 fully saturated rings. The Morgan fingerprint density at radius 1 is 1.60 bits per heavy atom. The molecule has 1 aliphatic carbocycles. The molecule has 1 heterocycles. The standard InChI is InChI=1S/C8H16N2/c1-8(9)3-2-6-5-10-7(6)4-8/h6-7,10H,2-5,9H2,1H3. The Labute approximate surface area is 62.2 Å². The summed E-state index contributed by atoms with van der Waals surface area (Å²) in [4.78, 5) is 0. The third-order valence-corrected chi connectivity index (χ3v) is 2.98. The summed E-state index contributed by atoms with van der Waals surface area (Å²) in [5, 5.41) is 3.42. The van der Waals surface area contributed by atoms with Gasteiger partial charge in [0.15, 0.2) is 0 Å². The van der Waals surface area contributed by atoms with Gasteiger partial charge in [-0.15, -0.1) is 0 Å². The highest BCUT2D eigenvalue weighted by molar-refractivity contribution is 5.00. The van der Waals surface area contributed by atoms with Gasteiger partial charge in [-0.05, 0) is 38.6 Å². The van der Waals surface area contributed by atoms with Crippen LogP contribution in [0.2, 0.25) is 0 Å². The smallest absolute Gasteiger partial charge is 0.0140 e. The molecule has 0 aromatic rings. The average molecular weight is 140 g/mol. The van der Waals surface area contributed by atoms with Gasteiger partial charge < -0.3 is 11.1 Å². The van der Waals surface area contributed by atoms with Gasteiger partial charge in [0, 0.05) is 11.6 Å². The fraction of sp³-hybridized carbons (Fsp3) is 1.00. The number of nitrogens with one attached hydrogen (secondary N) is 1. The minimum Gasteiger partial charge on any atom is -0.325 e. The van der Waals surface area contributed by atoms with E-state index in [-0.39, 0.29) is 5.54 Å². The van der Waals surface area contributed by atoms with E-state index in [4.69, 9.17) is 5.73 Å². The van der Waals surface area contributed by atoms with Crippen LogP contribution in [-0.4, -0.2) is 18.1 Å². The van der Waals surface area contributed by atoms with Crippen LogP contribution >= 0.6 is 0 Å². The van der Waals surface area contributed by atoms with Crippen LogP contribution in [0.15, 0.2) is 0 Å². The van der Waals surface area contributed by atoms with E-state index in [1.807, 2.05) is 0 Å². The van der Waals surface area contributed by atoms with Gasteiger partial charge in [-0.3, -0.25) is 0 Å². The molecule has 2 aliphatic rings. The van der Waals surface area contributed by atoms with Crippen LogP contribution in [-0.2, 0) is 0 Å². The van der Waals surface area contributed by atoms with Crippen molar-refractivity contribution in [1.29, 1.82) is 0 Å². The molecule has 1 saturated heterocycles. The third-order valence-electron chi connectivity index (χ3n) is 2.98. The second-order valence-corrected chi connectivity index (χ2v) is 4.17. The normalized spacial score (nSPS) is 53.4. The number of rotatable bonds is 0. The monoisotopic (exact) mass is 140 g/mol. The molecule has 0 amide bonds. The number of fused-ring (bicyclic) bond motifs is 1. The van der Waals surface area contributed by atoms with Gasteiger partial charge in [0.25, 0.3) is 0 Å². The maximum atomic E-state index is 6.02. The Bertz CT molecular complexity index is 142. The van der Waals surface area contributed by atoms with Gasteiger partial charge in [-0.25, -0.2) is 0 Å². The molecule has 2 heteroatoms. The Morgan fingerprint density at radius 2 is 2.40 bits per heavy atom. The first-order valence-corrected chi connectivity index (χ1v) is 4.20. The van der Waals surface area contributed by atoms with E-state index in [0.29, 0.717) is 0 Å². The summed E-state index contributed by atoms with van der Waals surface area (Å²) in [5.74, 6) is 0.955. The highest BCUT2D eigenvalue weighted by atomic mass is 15.0. The van der Waals surface area contributed by atoms with Crippen molar-refractivity contribution in [1.82, 2.24) is 5.32 Å². The molecular formula is C8H16N2. The summed E-state index contributed by atoms with van der Waals surface area (Å²) in [6, 6.07) is 0.753. The van der Waals surface area contributed by atoms with Gasteiger partial charge in [0.05, 0.1) is 0 Å². The van der Waals surface area contributed by atoms with Gasteiger partial charge in [0.2, 0.25) is 0 Å². The zero-order valence-electron chi connectivity index (χ0n) is 6.56. The summed E-state index contributed by atoms with van der Waals surface area (Å²) in [7, 11) is 0. The van der Waals surface area contributed by atoms with Crippen molar-refractivity contribution in [3.05, 3.63) is 0 Å². The van der Waals surface area contributed by atoms with Crippen molar-refractivity contribution < 1.29 is 0 Å². The maximum Gasteiger partial charge on any atom is 0.0140 e. The van der Waals surface area contributed by atoms with Crippen molar-refractivity contribution >= 4 is 0 Å². The number of nitrogens with two attached hydrogens (primary N) is 1. The lowest BCUT2D eigenvalue weighted by Gasteiger charge is -2.47. The average Bonchev–Trinajstić information content (AvgIpc) is 1.78. The molecular weight excluding hydrogens is 124 g/mol. The van der Waals surface area contributed by atoms with Crippen molar-refractivity contribution in [2.75, 3.05) is 6.54 Å². The van der Waals surface area contributed by atoms with Crippen LogP contribution in [0.5, 0.6) is 0 Å². The number of hydrogen-bond acceptors (Lipinski definition) is 2. The predicted octanol–water partition coefficient (Wildman–Crippen LogP) is 0.476. The summed E-state index contributed by atoms with van der Waals surface area (Å²) in [6.07, 6.45) is 3.73. The molecule has 2 rings (SSSR count). The summed E-state index contributed by atoms with van der Waals surface area (Å²) in [5.41, 5.74) is 6.14. The zero-order valence-corrected chi connectivity index (χ0v) is 6.56. The topological polar surface area (TPSA) is 38.0 Å². The zero-order chi connectivity index (χ0) is 7.19.